The molecule has 7 heteroatoms. The van der Waals surface area contributed by atoms with Crippen molar-refractivity contribution in [3.63, 3.8) is 0 Å². The van der Waals surface area contributed by atoms with Gasteiger partial charge in [0.2, 0.25) is 0 Å². The lowest BCUT2D eigenvalue weighted by Crippen LogP contribution is -2.27. The van der Waals surface area contributed by atoms with Gasteiger partial charge in [-0.25, -0.2) is 0 Å². The summed E-state index contributed by atoms with van der Waals surface area (Å²) in [5, 5.41) is 0.213. The molecule has 0 aliphatic carbocycles. The molecule has 0 spiro atoms. The third-order valence-electron chi connectivity index (χ3n) is 4.03. The zero-order valence-corrected chi connectivity index (χ0v) is 17.2. The Hall–Kier alpha value is -2.44. The molecule has 1 aliphatic heterocycles. The van der Waals surface area contributed by atoms with E-state index >= 15 is 0 Å². The molecule has 0 saturated carbocycles. The summed E-state index contributed by atoms with van der Waals surface area (Å²) in [6, 6.07) is 12.6. The van der Waals surface area contributed by atoms with Crippen molar-refractivity contribution >= 4 is 40.6 Å². The number of carbonyl (C=O) groups excluding carboxylic acids is 2. The molecule has 28 heavy (non-hydrogen) atoms. The Kier molecular flexibility index (Phi) is 6.65. The highest BCUT2D eigenvalue weighted by Gasteiger charge is 2.35. The second-order valence-corrected chi connectivity index (χ2v) is 7.33. The standard InChI is InChI=1S/C21H20ClNO4S/c1-3-26-17-10-9-14(11-18(17)27-4-2)12-19-20(24)23(21(25)28-19)13-15-7-5-6-8-16(15)22/h5-12H,3-4,13H2,1-2H3/b19-12+. The van der Waals surface area contributed by atoms with Crippen LogP contribution in [0.1, 0.15) is 25.0 Å². The molecule has 3 rings (SSSR count). The second kappa shape index (κ2) is 9.17. The van der Waals surface area contributed by atoms with Gasteiger partial charge in [-0.3, -0.25) is 14.5 Å². The Bertz CT molecular complexity index is 928. The SMILES string of the molecule is CCOc1ccc(/C=C2/SC(=O)N(Cc3ccccc3Cl)C2=O)cc1OCC. The fraction of sp³-hybridized carbons (Fsp3) is 0.238. The smallest absolute Gasteiger partial charge is 0.293 e. The van der Waals surface area contributed by atoms with Gasteiger partial charge in [-0.05, 0) is 61.0 Å². The molecule has 1 saturated heterocycles. The van der Waals surface area contributed by atoms with E-state index in [4.69, 9.17) is 21.1 Å². The van der Waals surface area contributed by atoms with Crippen LogP contribution in [-0.2, 0) is 11.3 Å². The molecule has 146 valence electrons. The minimum absolute atomic E-state index is 0.148. The zero-order chi connectivity index (χ0) is 20.1. The predicted molar refractivity (Wildman–Crippen MR) is 112 cm³/mol. The molecule has 1 fully saturated rings. The van der Waals surface area contributed by atoms with E-state index in [2.05, 4.69) is 0 Å². The first-order valence-corrected chi connectivity index (χ1v) is 10.1. The molecule has 0 N–H and O–H groups in total. The summed E-state index contributed by atoms with van der Waals surface area (Å²) in [5.74, 6) is 0.920. The quantitative estimate of drug-likeness (QED) is 0.566. The first-order chi connectivity index (χ1) is 13.5. The Balaban J connectivity index is 1.83. The van der Waals surface area contributed by atoms with Gasteiger partial charge < -0.3 is 9.47 Å². The molecule has 1 heterocycles. The fourth-order valence-electron chi connectivity index (χ4n) is 2.74. The molecule has 2 aromatic rings. The minimum Gasteiger partial charge on any atom is -0.490 e. The van der Waals surface area contributed by atoms with Crippen molar-refractivity contribution in [3.05, 3.63) is 63.5 Å². The van der Waals surface area contributed by atoms with E-state index in [0.29, 0.717) is 34.6 Å². The number of ether oxygens (including phenoxy) is 2. The van der Waals surface area contributed by atoms with E-state index in [1.54, 1.807) is 36.4 Å². The number of benzene rings is 2. The van der Waals surface area contributed by atoms with Crippen LogP contribution in [0.25, 0.3) is 6.08 Å². The molecule has 0 unspecified atom stereocenters. The van der Waals surface area contributed by atoms with Crippen LogP contribution in [0.15, 0.2) is 47.4 Å². The Morgan fingerprint density at radius 2 is 1.75 bits per heavy atom. The van der Waals surface area contributed by atoms with Gasteiger partial charge in [0.15, 0.2) is 11.5 Å². The number of hydrogen-bond donors (Lipinski definition) is 0. The van der Waals surface area contributed by atoms with Gasteiger partial charge in [0.25, 0.3) is 11.1 Å². The molecule has 0 bridgehead atoms. The summed E-state index contributed by atoms with van der Waals surface area (Å²) < 4.78 is 11.2. The van der Waals surface area contributed by atoms with E-state index < -0.39 is 0 Å². The van der Waals surface area contributed by atoms with E-state index in [0.717, 1.165) is 22.9 Å². The lowest BCUT2D eigenvalue weighted by atomic mass is 10.1. The van der Waals surface area contributed by atoms with E-state index in [-0.39, 0.29) is 17.7 Å². The molecule has 2 amide bonds. The number of thioether (sulfide) groups is 1. The van der Waals surface area contributed by atoms with Crippen LogP contribution >= 0.6 is 23.4 Å². The van der Waals surface area contributed by atoms with Crippen molar-refractivity contribution in [2.75, 3.05) is 13.2 Å². The third-order valence-corrected chi connectivity index (χ3v) is 5.30. The number of carbonyl (C=O) groups is 2. The molecule has 0 radical (unpaired) electrons. The van der Waals surface area contributed by atoms with E-state index in [1.807, 2.05) is 26.0 Å². The first kappa shape index (κ1) is 20.3. The third kappa shape index (κ3) is 4.51. The summed E-state index contributed by atoms with van der Waals surface area (Å²) in [6.45, 7) is 4.97. The highest BCUT2D eigenvalue weighted by Crippen LogP contribution is 2.36. The maximum atomic E-state index is 12.7. The number of rotatable bonds is 7. The van der Waals surface area contributed by atoms with Gasteiger partial charge >= 0.3 is 0 Å². The Labute approximate surface area is 173 Å². The zero-order valence-electron chi connectivity index (χ0n) is 15.6. The molecule has 5 nitrogen and oxygen atoms in total. The van der Waals surface area contributed by atoms with Crippen molar-refractivity contribution in [2.45, 2.75) is 20.4 Å². The number of halogens is 1. The Morgan fingerprint density at radius 3 is 2.46 bits per heavy atom. The summed E-state index contributed by atoms with van der Waals surface area (Å²) in [7, 11) is 0. The predicted octanol–water partition coefficient (Wildman–Crippen LogP) is 5.37. The number of amides is 2. The van der Waals surface area contributed by atoms with Crippen LogP contribution in [0.2, 0.25) is 5.02 Å². The fourth-order valence-corrected chi connectivity index (χ4v) is 3.78. The molecule has 0 atom stereocenters. The van der Waals surface area contributed by atoms with E-state index in [9.17, 15) is 9.59 Å². The topological polar surface area (TPSA) is 55.8 Å². The van der Waals surface area contributed by atoms with Gasteiger partial charge in [0.05, 0.1) is 24.7 Å². The molecular weight excluding hydrogens is 398 g/mol. The summed E-state index contributed by atoms with van der Waals surface area (Å²) in [6.07, 6.45) is 1.69. The summed E-state index contributed by atoms with van der Waals surface area (Å²) in [4.78, 5) is 26.7. The summed E-state index contributed by atoms with van der Waals surface area (Å²) >= 11 is 7.07. The monoisotopic (exact) mass is 417 g/mol. The highest BCUT2D eigenvalue weighted by molar-refractivity contribution is 8.18. The largest absolute Gasteiger partial charge is 0.490 e. The van der Waals surface area contributed by atoms with E-state index in [1.165, 1.54) is 4.90 Å². The molecule has 0 aromatic heterocycles. The van der Waals surface area contributed by atoms with Crippen molar-refractivity contribution in [3.8, 4) is 11.5 Å². The number of nitrogens with zero attached hydrogens (tertiary/aromatic N) is 1. The van der Waals surface area contributed by atoms with Gasteiger partial charge in [0.1, 0.15) is 0 Å². The minimum atomic E-state index is -0.332. The lowest BCUT2D eigenvalue weighted by molar-refractivity contribution is -0.123. The summed E-state index contributed by atoms with van der Waals surface area (Å²) in [5.41, 5.74) is 1.49. The molecule has 2 aromatic carbocycles. The maximum Gasteiger partial charge on any atom is 0.293 e. The number of hydrogen-bond acceptors (Lipinski definition) is 5. The highest BCUT2D eigenvalue weighted by atomic mass is 35.5. The van der Waals surface area contributed by atoms with Crippen LogP contribution < -0.4 is 9.47 Å². The van der Waals surface area contributed by atoms with Crippen molar-refractivity contribution in [1.82, 2.24) is 4.90 Å². The van der Waals surface area contributed by atoms with Crippen molar-refractivity contribution < 1.29 is 19.1 Å². The van der Waals surface area contributed by atoms with Crippen LogP contribution in [0.5, 0.6) is 11.5 Å². The average Bonchev–Trinajstić information content (AvgIpc) is 2.93. The van der Waals surface area contributed by atoms with Gasteiger partial charge in [-0.15, -0.1) is 0 Å². The molecule has 1 aliphatic rings. The van der Waals surface area contributed by atoms with Gasteiger partial charge in [-0.2, -0.15) is 0 Å². The second-order valence-electron chi connectivity index (χ2n) is 5.93. The maximum absolute atomic E-state index is 12.7. The van der Waals surface area contributed by atoms with Crippen LogP contribution in [0.3, 0.4) is 0 Å². The Morgan fingerprint density at radius 1 is 1.04 bits per heavy atom. The lowest BCUT2D eigenvalue weighted by Gasteiger charge is -2.13. The van der Waals surface area contributed by atoms with Crippen molar-refractivity contribution in [2.24, 2.45) is 0 Å². The van der Waals surface area contributed by atoms with Gasteiger partial charge in [0, 0.05) is 5.02 Å². The average molecular weight is 418 g/mol. The van der Waals surface area contributed by atoms with Crippen LogP contribution in [-0.4, -0.2) is 29.3 Å². The molecular formula is C21H20ClNO4S. The van der Waals surface area contributed by atoms with Gasteiger partial charge in [-0.1, -0.05) is 35.9 Å². The normalized spacial score (nSPS) is 15.4. The van der Waals surface area contributed by atoms with Crippen LogP contribution in [0.4, 0.5) is 4.79 Å². The van der Waals surface area contributed by atoms with Crippen LogP contribution in [0, 0.1) is 0 Å². The first-order valence-electron chi connectivity index (χ1n) is 8.92. The number of imide groups is 1. The van der Waals surface area contributed by atoms with Crippen molar-refractivity contribution in [1.29, 1.82) is 0 Å².